The van der Waals surface area contributed by atoms with Crippen LogP contribution in [0.2, 0.25) is 5.02 Å². The number of carbonyl (C=O) groups excluding carboxylic acids is 1. The summed E-state index contributed by atoms with van der Waals surface area (Å²) in [5.74, 6) is -0.0640. The van der Waals surface area contributed by atoms with Gasteiger partial charge in [0, 0.05) is 16.6 Å². The lowest BCUT2D eigenvalue weighted by molar-refractivity contribution is -0.255. The maximum Gasteiger partial charge on any atom is 0.138 e. The summed E-state index contributed by atoms with van der Waals surface area (Å²) in [5.41, 5.74) is 0.833. The van der Waals surface area contributed by atoms with Gasteiger partial charge >= 0.3 is 0 Å². The van der Waals surface area contributed by atoms with E-state index in [9.17, 15) is 9.90 Å². The van der Waals surface area contributed by atoms with Gasteiger partial charge in [0.25, 0.3) is 0 Å². The minimum absolute atomic E-state index is 0.105. The second kappa shape index (κ2) is 5.42. The van der Waals surface area contributed by atoms with Crippen LogP contribution in [0.4, 0.5) is 0 Å². The minimum atomic E-state index is -1.22. The molecule has 0 bridgehead atoms. The largest absolute Gasteiger partial charge is 0.545 e. The number of ether oxygens (including phenoxy) is 1. The van der Waals surface area contributed by atoms with Crippen LogP contribution < -0.4 is 9.84 Å². The first kappa shape index (κ1) is 13.4. The highest BCUT2D eigenvalue weighted by Gasteiger charge is 2.05. The number of halogens is 1. The van der Waals surface area contributed by atoms with Crippen molar-refractivity contribution in [3.8, 4) is 11.5 Å². The molecule has 4 nitrogen and oxygen atoms in total. The molecule has 3 rings (SSSR count). The molecule has 0 radical (unpaired) electrons. The van der Waals surface area contributed by atoms with E-state index in [4.69, 9.17) is 16.3 Å². The fourth-order valence-electron chi connectivity index (χ4n) is 1.97. The molecule has 0 saturated carbocycles. The molecule has 0 N–H and O–H groups in total. The number of carboxylic acids is 1. The topological polar surface area (TPSA) is 62.2 Å². The van der Waals surface area contributed by atoms with Crippen molar-refractivity contribution in [2.24, 2.45) is 0 Å². The summed E-state index contributed by atoms with van der Waals surface area (Å²) in [6.07, 6.45) is 1.63. The van der Waals surface area contributed by atoms with E-state index in [2.05, 4.69) is 4.98 Å². The van der Waals surface area contributed by atoms with Gasteiger partial charge in [0.05, 0.1) is 11.5 Å². The first-order chi connectivity index (χ1) is 10.1. The average molecular weight is 299 g/mol. The third kappa shape index (κ3) is 2.80. The molecule has 104 valence electrons. The molecule has 0 amide bonds. The molecule has 0 unspecified atom stereocenters. The van der Waals surface area contributed by atoms with Gasteiger partial charge in [-0.2, -0.15) is 0 Å². The van der Waals surface area contributed by atoms with Gasteiger partial charge in [0.2, 0.25) is 0 Å². The van der Waals surface area contributed by atoms with Crippen LogP contribution in [0.1, 0.15) is 10.4 Å². The average Bonchev–Trinajstić information content (AvgIpc) is 2.47. The number of aromatic nitrogens is 1. The molecule has 0 aliphatic heterocycles. The lowest BCUT2D eigenvalue weighted by Crippen LogP contribution is -2.21. The summed E-state index contributed by atoms with van der Waals surface area (Å²) in [7, 11) is 0. The molecule has 0 aliphatic rings. The zero-order valence-corrected chi connectivity index (χ0v) is 11.5. The first-order valence-electron chi connectivity index (χ1n) is 6.17. The molecule has 1 heterocycles. The van der Waals surface area contributed by atoms with Crippen LogP contribution in [0.15, 0.2) is 54.7 Å². The van der Waals surface area contributed by atoms with Gasteiger partial charge in [0.1, 0.15) is 11.5 Å². The summed E-state index contributed by atoms with van der Waals surface area (Å²) in [6, 6.07) is 13.1. The van der Waals surface area contributed by atoms with Crippen LogP contribution in [0.3, 0.4) is 0 Å². The van der Waals surface area contributed by atoms with Crippen LogP contribution >= 0.6 is 11.6 Å². The number of hydrogen-bond acceptors (Lipinski definition) is 4. The van der Waals surface area contributed by atoms with Crippen molar-refractivity contribution in [2.45, 2.75) is 0 Å². The Hall–Kier alpha value is -2.59. The van der Waals surface area contributed by atoms with Gasteiger partial charge in [0.15, 0.2) is 0 Å². The van der Waals surface area contributed by atoms with E-state index in [1.165, 1.54) is 12.1 Å². The summed E-state index contributed by atoms with van der Waals surface area (Å²) < 4.78 is 5.77. The molecule has 0 saturated heterocycles. The maximum absolute atomic E-state index is 10.7. The predicted octanol–water partition coefficient (Wildman–Crippen LogP) is 3.04. The summed E-state index contributed by atoms with van der Waals surface area (Å²) in [4.78, 5) is 14.9. The van der Waals surface area contributed by atoms with Gasteiger partial charge in [-0.05, 0) is 54.1 Å². The normalized spacial score (nSPS) is 10.5. The Labute approximate surface area is 125 Å². The van der Waals surface area contributed by atoms with Crippen LogP contribution in [0.5, 0.6) is 11.5 Å². The van der Waals surface area contributed by atoms with Crippen molar-refractivity contribution in [3.63, 3.8) is 0 Å². The van der Waals surface area contributed by atoms with Gasteiger partial charge in [-0.3, -0.25) is 4.98 Å². The van der Waals surface area contributed by atoms with Gasteiger partial charge < -0.3 is 14.6 Å². The molecule has 0 spiro atoms. The van der Waals surface area contributed by atoms with Gasteiger partial charge in [-0.15, -0.1) is 0 Å². The summed E-state index contributed by atoms with van der Waals surface area (Å²) in [6.45, 7) is 0. The van der Waals surface area contributed by atoms with E-state index < -0.39 is 5.97 Å². The zero-order chi connectivity index (χ0) is 14.8. The second-order valence-electron chi connectivity index (χ2n) is 4.38. The van der Waals surface area contributed by atoms with E-state index in [1.54, 1.807) is 36.5 Å². The lowest BCUT2D eigenvalue weighted by Gasteiger charge is -2.09. The molecule has 1 aromatic heterocycles. The van der Waals surface area contributed by atoms with Crippen LogP contribution in [0, 0.1) is 0 Å². The molecule has 5 heteroatoms. The van der Waals surface area contributed by atoms with Crippen molar-refractivity contribution < 1.29 is 14.6 Å². The standard InChI is InChI=1S/C16H10ClNO3/c17-11-3-6-13-14(9-11)18-8-7-15(13)21-12-4-1-10(2-5-12)16(19)20/h1-9H,(H,19,20)/p-1. The number of carboxylic acid groups (broad SMARTS) is 1. The van der Waals surface area contributed by atoms with Gasteiger partial charge in [-0.1, -0.05) is 11.6 Å². The van der Waals surface area contributed by atoms with E-state index in [-0.39, 0.29) is 5.56 Å². The first-order valence-corrected chi connectivity index (χ1v) is 6.55. The SMILES string of the molecule is O=C([O-])c1ccc(Oc2ccnc3cc(Cl)ccc23)cc1. The smallest absolute Gasteiger partial charge is 0.138 e. The Balaban J connectivity index is 1.96. The minimum Gasteiger partial charge on any atom is -0.545 e. The molecular formula is C16H9ClNO3-. The predicted molar refractivity (Wildman–Crippen MR) is 77.6 cm³/mol. The number of aromatic carboxylic acids is 1. The van der Waals surface area contributed by atoms with Crippen LogP contribution in [-0.2, 0) is 0 Å². The number of carbonyl (C=O) groups is 1. The van der Waals surface area contributed by atoms with E-state index in [0.717, 1.165) is 10.9 Å². The Morgan fingerprint density at radius 1 is 1.10 bits per heavy atom. The van der Waals surface area contributed by atoms with Crippen LogP contribution in [0.25, 0.3) is 10.9 Å². The zero-order valence-electron chi connectivity index (χ0n) is 10.7. The number of pyridine rings is 1. The number of rotatable bonds is 3. The van der Waals surface area contributed by atoms with Crippen molar-refractivity contribution in [1.29, 1.82) is 0 Å². The number of hydrogen-bond donors (Lipinski definition) is 0. The Kier molecular flexibility index (Phi) is 3.46. The molecule has 0 fully saturated rings. The molecule has 2 aromatic carbocycles. The molecule has 3 aromatic rings. The van der Waals surface area contributed by atoms with Crippen molar-refractivity contribution >= 4 is 28.5 Å². The fourth-order valence-corrected chi connectivity index (χ4v) is 2.14. The third-order valence-electron chi connectivity index (χ3n) is 2.98. The molecule has 21 heavy (non-hydrogen) atoms. The highest BCUT2D eigenvalue weighted by atomic mass is 35.5. The highest BCUT2D eigenvalue weighted by Crippen LogP contribution is 2.30. The Morgan fingerprint density at radius 3 is 2.57 bits per heavy atom. The quantitative estimate of drug-likeness (QED) is 0.745. The van der Waals surface area contributed by atoms with Crippen LogP contribution in [-0.4, -0.2) is 11.0 Å². The van der Waals surface area contributed by atoms with E-state index >= 15 is 0 Å². The van der Waals surface area contributed by atoms with Crippen molar-refractivity contribution in [1.82, 2.24) is 4.98 Å². The lowest BCUT2D eigenvalue weighted by atomic mass is 10.2. The van der Waals surface area contributed by atoms with Crippen molar-refractivity contribution in [3.05, 3.63) is 65.3 Å². The maximum atomic E-state index is 10.7. The fraction of sp³-hybridized carbons (Fsp3) is 0. The summed E-state index contributed by atoms with van der Waals surface area (Å²) in [5, 5.41) is 12.1. The summed E-state index contributed by atoms with van der Waals surface area (Å²) >= 11 is 5.94. The number of fused-ring (bicyclic) bond motifs is 1. The molecule has 0 atom stereocenters. The third-order valence-corrected chi connectivity index (χ3v) is 3.22. The van der Waals surface area contributed by atoms with E-state index in [1.807, 2.05) is 6.07 Å². The number of benzene rings is 2. The second-order valence-corrected chi connectivity index (χ2v) is 4.82. The molecular weight excluding hydrogens is 290 g/mol. The highest BCUT2D eigenvalue weighted by molar-refractivity contribution is 6.31. The van der Waals surface area contributed by atoms with E-state index in [0.29, 0.717) is 16.5 Å². The number of nitrogens with zero attached hydrogens (tertiary/aromatic N) is 1. The Morgan fingerprint density at radius 2 is 1.86 bits per heavy atom. The van der Waals surface area contributed by atoms with Gasteiger partial charge in [-0.25, -0.2) is 0 Å². The monoisotopic (exact) mass is 298 g/mol. The van der Waals surface area contributed by atoms with Crippen molar-refractivity contribution in [2.75, 3.05) is 0 Å². The molecule has 0 aliphatic carbocycles. The Bertz CT molecular complexity index is 815.